The number of rotatable bonds is 3. The summed E-state index contributed by atoms with van der Waals surface area (Å²) in [5.41, 5.74) is 7.21. The molecule has 0 saturated heterocycles. The first kappa shape index (κ1) is 11.5. The molecule has 2 heterocycles. The zero-order valence-corrected chi connectivity index (χ0v) is 10.1. The van der Waals surface area contributed by atoms with Crippen LogP contribution in [0.15, 0.2) is 30.5 Å². The van der Waals surface area contributed by atoms with E-state index in [1.807, 2.05) is 24.3 Å². The SMILES string of the molecule is Nc1nc(Cn2cc(CO)nn2)nc2ccccc12. The molecule has 7 heteroatoms. The van der Waals surface area contributed by atoms with Crippen molar-refractivity contribution in [3.8, 4) is 0 Å². The highest BCUT2D eigenvalue weighted by atomic mass is 16.3. The summed E-state index contributed by atoms with van der Waals surface area (Å²) in [5, 5.41) is 17.4. The molecule has 0 saturated carbocycles. The van der Waals surface area contributed by atoms with Gasteiger partial charge >= 0.3 is 0 Å². The fourth-order valence-corrected chi connectivity index (χ4v) is 1.85. The zero-order chi connectivity index (χ0) is 13.2. The van der Waals surface area contributed by atoms with Crippen LogP contribution in [0, 0.1) is 0 Å². The van der Waals surface area contributed by atoms with E-state index in [9.17, 15) is 0 Å². The molecule has 2 aromatic heterocycles. The number of nitrogen functional groups attached to an aromatic ring is 1. The molecule has 19 heavy (non-hydrogen) atoms. The van der Waals surface area contributed by atoms with Gasteiger partial charge in [0.05, 0.1) is 18.3 Å². The van der Waals surface area contributed by atoms with E-state index in [0.29, 0.717) is 23.9 Å². The van der Waals surface area contributed by atoms with E-state index >= 15 is 0 Å². The predicted molar refractivity (Wildman–Crippen MR) is 69.0 cm³/mol. The molecular formula is C12H12N6O. The topological polar surface area (TPSA) is 103 Å². The predicted octanol–water partition coefficient (Wildman–Crippen LogP) is 0.344. The van der Waals surface area contributed by atoms with Crippen LogP contribution in [0.5, 0.6) is 0 Å². The first-order valence-electron chi connectivity index (χ1n) is 5.77. The molecule has 7 nitrogen and oxygen atoms in total. The normalized spacial score (nSPS) is 11.0. The second-order valence-corrected chi connectivity index (χ2v) is 4.11. The van der Waals surface area contributed by atoms with E-state index in [0.717, 1.165) is 10.9 Å². The standard InChI is InChI=1S/C12H12N6O/c13-12-9-3-1-2-4-10(9)14-11(15-12)6-18-5-8(7-19)16-17-18/h1-5,19H,6-7H2,(H2,13,14,15). The van der Waals surface area contributed by atoms with Gasteiger partial charge in [-0.3, -0.25) is 0 Å². The molecule has 96 valence electrons. The highest BCUT2D eigenvalue weighted by Crippen LogP contribution is 2.17. The molecule has 0 aliphatic carbocycles. The Kier molecular flexibility index (Phi) is 2.81. The second-order valence-electron chi connectivity index (χ2n) is 4.11. The summed E-state index contributed by atoms with van der Waals surface area (Å²) in [7, 11) is 0. The molecule has 0 amide bonds. The van der Waals surface area contributed by atoms with Crippen LogP contribution in [-0.2, 0) is 13.2 Å². The monoisotopic (exact) mass is 256 g/mol. The lowest BCUT2D eigenvalue weighted by Gasteiger charge is -2.04. The Labute approximate surface area is 108 Å². The highest BCUT2D eigenvalue weighted by molar-refractivity contribution is 5.87. The third-order valence-electron chi connectivity index (χ3n) is 2.73. The van der Waals surface area contributed by atoms with E-state index in [1.54, 1.807) is 10.9 Å². The number of fused-ring (bicyclic) bond motifs is 1. The fourth-order valence-electron chi connectivity index (χ4n) is 1.85. The van der Waals surface area contributed by atoms with Crippen LogP contribution in [0.3, 0.4) is 0 Å². The molecule has 0 spiro atoms. The number of aliphatic hydroxyl groups excluding tert-OH is 1. The zero-order valence-electron chi connectivity index (χ0n) is 10.1. The maximum atomic E-state index is 8.94. The Balaban J connectivity index is 1.96. The third-order valence-corrected chi connectivity index (χ3v) is 2.73. The van der Waals surface area contributed by atoms with Crippen molar-refractivity contribution in [3.63, 3.8) is 0 Å². The Morgan fingerprint density at radius 3 is 2.84 bits per heavy atom. The summed E-state index contributed by atoms with van der Waals surface area (Å²) >= 11 is 0. The van der Waals surface area contributed by atoms with Crippen molar-refractivity contribution < 1.29 is 5.11 Å². The average Bonchev–Trinajstić information content (AvgIpc) is 2.86. The Hall–Kier alpha value is -2.54. The third kappa shape index (κ3) is 2.23. The molecule has 0 fully saturated rings. The molecule has 1 aromatic carbocycles. The molecule has 3 rings (SSSR count). The van der Waals surface area contributed by atoms with Crippen LogP contribution in [-0.4, -0.2) is 30.1 Å². The quantitative estimate of drug-likeness (QED) is 0.700. The van der Waals surface area contributed by atoms with Crippen molar-refractivity contribution >= 4 is 16.7 Å². The summed E-state index contributed by atoms with van der Waals surface area (Å²) in [4.78, 5) is 8.67. The first-order valence-corrected chi connectivity index (χ1v) is 5.77. The molecule has 0 atom stereocenters. The minimum Gasteiger partial charge on any atom is -0.390 e. The minimum atomic E-state index is -0.138. The number of nitrogens with two attached hydrogens (primary N) is 1. The van der Waals surface area contributed by atoms with Crippen LogP contribution >= 0.6 is 0 Å². The van der Waals surface area contributed by atoms with Crippen molar-refractivity contribution in [2.75, 3.05) is 5.73 Å². The fraction of sp³-hybridized carbons (Fsp3) is 0.167. The highest BCUT2D eigenvalue weighted by Gasteiger charge is 2.06. The maximum absolute atomic E-state index is 8.94. The molecule has 0 unspecified atom stereocenters. The van der Waals surface area contributed by atoms with Crippen LogP contribution in [0.2, 0.25) is 0 Å². The molecule has 0 radical (unpaired) electrons. The van der Waals surface area contributed by atoms with Crippen molar-refractivity contribution in [2.45, 2.75) is 13.2 Å². The van der Waals surface area contributed by atoms with Crippen molar-refractivity contribution in [1.82, 2.24) is 25.0 Å². The molecule has 3 N–H and O–H groups in total. The molecule has 0 aliphatic heterocycles. The van der Waals surface area contributed by atoms with Gasteiger partial charge in [0.2, 0.25) is 0 Å². The van der Waals surface area contributed by atoms with Crippen molar-refractivity contribution in [1.29, 1.82) is 0 Å². The van der Waals surface area contributed by atoms with E-state index < -0.39 is 0 Å². The van der Waals surface area contributed by atoms with Gasteiger partial charge in [-0.15, -0.1) is 5.10 Å². The maximum Gasteiger partial charge on any atom is 0.152 e. The minimum absolute atomic E-state index is 0.138. The van der Waals surface area contributed by atoms with Gasteiger partial charge in [0.25, 0.3) is 0 Å². The number of aliphatic hydroxyl groups is 1. The summed E-state index contributed by atoms with van der Waals surface area (Å²) < 4.78 is 1.56. The van der Waals surface area contributed by atoms with E-state index in [-0.39, 0.29) is 6.61 Å². The summed E-state index contributed by atoms with van der Waals surface area (Å²) in [6.07, 6.45) is 1.65. The molecular weight excluding hydrogens is 244 g/mol. The van der Waals surface area contributed by atoms with Gasteiger partial charge in [0, 0.05) is 5.39 Å². The van der Waals surface area contributed by atoms with Crippen LogP contribution in [0.25, 0.3) is 10.9 Å². The Morgan fingerprint density at radius 2 is 2.05 bits per heavy atom. The van der Waals surface area contributed by atoms with Gasteiger partial charge in [-0.25, -0.2) is 14.6 Å². The number of aromatic nitrogens is 5. The van der Waals surface area contributed by atoms with Crippen molar-refractivity contribution in [3.05, 3.63) is 42.0 Å². The molecule has 0 bridgehead atoms. The summed E-state index contributed by atoms with van der Waals surface area (Å²) in [6, 6.07) is 7.57. The second kappa shape index (κ2) is 4.62. The average molecular weight is 256 g/mol. The lowest BCUT2D eigenvalue weighted by Crippen LogP contribution is -2.07. The van der Waals surface area contributed by atoms with Crippen LogP contribution < -0.4 is 5.73 Å². The number of anilines is 1. The van der Waals surface area contributed by atoms with Gasteiger partial charge in [-0.05, 0) is 12.1 Å². The number of benzene rings is 1. The van der Waals surface area contributed by atoms with Gasteiger partial charge < -0.3 is 10.8 Å². The summed E-state index contributed by atoms with van der Waals surface area (Å²) in [6.45, 7) is 0.225. The van der Waals surface area contributed by atoms with E-state index in [2.05, 4.69) is 20.3 Å². The summed E-state index contributed by atoms with van der Waals surface area (Å²) in [5.74, 6) is 1.01. The molecule has 0 aliphatic rings. The van der Waals surface area contributed by atoms with Gasteiger partial charge in [0.15, 0.2) is 5.82 Å². The van der Waals surface area contributed by atoms with Gasteiger partial charge in [-0.1, -0.05) is 17.3 Å². The lowest BCUT2D eigenvalue weighted by atomic mass is 10.2. The largest absolute Gasteiger partial charge is 0.390 e. The number of para-hydroxylation sites is 1. The molecule has 3 aromatic rings. The van der Waals surface area contributed by atoms with Crippen LogP contribution in [0.1, 0.15) is 11.5 Å². The Morgan fingerprint density at radius 1 is 1.21 bits per heavy atom. The Bertz CT molecular complexity index is 723. The number of nitrogens with zero attached hydrogens (tertiary/aromatic N) is 5. The number of hydrogen-bond donors (Lipinski definition) is 2. The van der Waals surface area contributed by atoms with Gasteiger partial charge in [-0.2, -0.15) is 0 Å². The van der Waals surface area contributed by atoms with E-state index in [4.69, 9.17) is 10.8 Å². The van der Waals surface area contributed by atoms with Crippen LogP contribution in [0.4, 0.5) is 5.82 Å². The number of hydrogen-bond acceptors (Lipinski definition) is 6. The van der Waals surface area contributed by atoms with Gasteiger partial charge in [0.1, 0.15) is 18.1 Å². The van der Waals surface area contributed by atoms with E-state index in [1.165, 1.54) is 0 Å². The smallest absolute Gasteiger partial charge is 0.152 e. The first-order chi connectivity index (χ1) is 9.26. The lowest BCUT2D eigenvalue weighted by molar-refractivity contribution is 0.276. The van der Waals surface area contributed by atoms with Crippen molar-refractivity contribution in [2.24, 2.45) is 0 Å².